The van der Waals surface area contributed by atoms with E-state index in [0.717, 1.165) is 0 Å². The second-order valence-corrected chi connectivity index (χ2v) is 11.6. The lowest BCUT2D eigenvalue weighted by atomic mass is 9.93. The molecule has 0 aliphatic heterocycles. The Morgan fingerprint density at radius 3 is 1.95 bits per heavy atom. The fourth-order valence-electron chi connectivity index (χ4n) is 6.58. The average molecular weight is 526 g/mol. The molecular formula is C38H23NS. The second-order valence-electron chi connectivity index (χ2n) is 10.5. The molecule has 0 bridgehead atoms. The number of fused-ring (bicyclic) bond motifs is 10. The van der Waals surface area contributed by atoms with Gasteiger partial charge in [-0.1, -0.05) is 109 Å². The van der Waals surface area contributed by atoms with Gasteiger partial charge >= 0.3 is 0 Å². The Hall–Kier alpha value is -4.92. The summed E-state index contributed by atoms with van der Waals surface area (Å²) in [6.07, 6.45) is 0. The molecule has 0 fully saturated rings. The van der Waals surface area contributed by atoms with E-state index in [2.05, 4.69) is 144 Å². The van der Waals surface area contributed by atoms with Gasteiger partial charge in [0.2, 0.25) is 0 Å². The van der Waals surface area contributed by atoms with Crippen LogP contribution in [0.4, 0.5) is 0 Å². The first-order valence-electron chi connectivity index (χ1n) is 13.7. The summed E-state index contributed by atoms with van der Waals surface area (Å²) < 4.78 is 5.14. The van der Waals surface area contributed by atoms with Crippen LogP contribution in [0.25, 0.3) is 80.3 Å². The molecule has 2 heteroatoms. The van der Waals surface area contributed by atoms with E-state index >= 15 is 0 Å². The number of nitrogens with zero attached hydrogens (tertiary/aromatic N) is 1. The van der Waals surface area contributed by atoms with Gasteiger partial charge in [-0.05, 0) is 63.0 Å². The van der Waals surface area contributed by atoms with Crippen LogP contribution in [0.15, 0.2) is 140 Å². The Bertz CT molecular complexity index is 2420. The maximum absolute atomic E-state index is 2.46. The van der Waals surface area contributed by atoms with Crippen LogP contribution < -0.4 is 0 Å². The summed E-state index contributed by atoms with van der Waals surface area (Å²) >= 11 is 1.90. The number of para-hydroxylation sites is 1. The lowest BCUT2D eigenvalue weighted by Gasteiger charge is -2.13. The van der Waals surface area contributed by atoms with Gasteiger partial charge in [-0.2, -0.15) is 0 Å². The number of rotatable bonds is 2. The molecule has 0 amide bonds. The van der Waals surface area contributed by atoms with Crippen molar-refractivity contribution in [2.24, 2.45) is 0 Å². The van der Waals surface area contributed by atoms with Crippen molar-refractivity contribution < 1.29 is 0 Å². The topological polar surface area (TPSA) is 4.93 Å². The first kappa shape index (κ1) is 22.0. The van der Waals surface area contributed by atoms with Gasteiger partial charge in [0.25, 0.3) is 0 Å². The lowest BCUT2D eigenvalue weighted by Crippen LogP contribution is -1.94. The van der Waals surface area contributed by atoms with Gasteiger partial charge in [0.15, 0.2) is 0 Å². The third-order valence-electron chi connectivity index (χ3n) is 8.38. The third kappa shape index (κ3) is 3.03. The maximum Gasteiger partial charge on any atom is 0.0719 e. The molecule has 7 aromatic carbocycles. The van der Waals surface area contributed by atoms with Crippen molar-refractivity contribution in [1.82, 2.24) is 4.57 Å². The number of thiophene rings is 1. The van der Waals surface area contributed by atoms with E-state index in [0.29, 0.717) is 0 Å². The Kier molecular flexibility index (Phi) is 4.55. The zero-order chi connectivity index (χ0) is 26.2. The molecule has 0 N–H and O–H groups in total. The Morgan fingerprint density at radius 2 is 1.10 bits per heavy atom. The first-order valence-corrected chi connectivity index (χ1v) is 14.5. The summed E-state index contributed by atoms with van der Waals surface area (Å²) in [7, 11) is 0. The van der Waals surface area contributed by atoms with E-state index in [1.807, 2.05) is 11.3 Å². The van der Waals surface area contributed by atoms with E-state index in [1.54, 1.807) is 0 Å². The van der Waals surface area contributed by atoms with Gasteiger partial charge in [-0.25, -0.2) is 0 Å². The number of hydrogen-bond donors (Lipinski definition) is 0. The standard InChI is InChI=1S/C38H23NS/c1-2-10-27-25(9-1)23-34(29-12-4-3-11-28(27)29)24-17-19-26(20-18-24)39-35-15-7-5-13-30(35)32-21-22-33-31-14-6-8-16-36(31)40-38(33)37(32)39/h1-23H. The van der Waals surface area contributed by atoms with Crippen LogP contribution in [0, 0.1) is 0 Å². The molecule has 0 saturated carbocycles. The third-order valence-corrected chi connectivity index (χ3v) is 9.58. The molecular weight excluding hydrogens is 502 g/mol. The maximum atomic E-state index is 2.46. The molecule has 0 atom stereocenters. The van der Waals surface area contributed by atoms with Crippen molar-refractivity contribution in [1.29, 1.82) is 0 Å². The van der Waals surface area contributed by atoms with Crippen molar-refractivity contribution in [2.75, 3.05) is 0 Å². The summed E-state index contributed by atoms with van der Waals surface area (Å²) in [4.78, 5) is 0. The van der Waals surface area contributed by atoms with Crippen molar-refractivity contribution in [3.05, 3.63) is 140 Å². The molecule has 9 aromatic rings. The highest BCUT2D eigenvalue weighted by Crippen LogP contribution is 2.43. The highest BCUT2D eigenvalue weighted by atomic mass is 32.1. The van der Waals surface area contributed by atoms with Crippen molar-refractivity contribution in [3.63, 3.8) is 0 Å². The first-order chi connectivity index (χ1) is 19.8. The van der Waals surface area contributed by atoms with Crippen LogP contribution in [0.3, 0.4) is 0 Å². The lowest BCUT2D eigenvalue weighted by molar-refractivity contribution is 1.19. The second kappa shape index (κ2) is 8.29. The predicted octanol–water partition coefficient (Wildman–Crippen LogP) is 11.1. The molecule has 2 aromatic heterocycles. The van der Waals surface area contributed by atoms with E-state index in [4.69, 9.17) is 0 Å². The molecule has 2 heterocycles. The zero-order valence-corrected chi connectivity index (χ0v) is 22.5. The van der Waals surface area contributed by atoms with E-state index in [-0.39, 0.29) is 0 Å². The Balaban J connectivity index is 1.31. The summed E-state index contributed by atoms with van der Waals surface area (Å²) in [6, 6.07) is 51.1. The molecule has 40 heavy (non-hydrogen) atoms. The average Bonchev–Trinajstić information content (AvgIpc) is 3.57. The van der Waals surface area contributed by atoms with Crippen molar-refractivity contribution in [3.8, 4) is 16.8 Å². The summed E-state index contributed by atoms with van der Waals surface area (Å²) in [5, 5.41) is 10.4. The van der Waals surface area contributed by atoms with Gasteiger partial charge in [-0.15, -0.1) is 11.3 Å². The largest absolute Gasteiger partial charge is 0.308 e. The predicted molar refractivity (Wildman–Crippen MR) is 174 cm³/mol. The van der Waals surface area contributed by atoms with Gasteiger partial charge < -0.3 is 4.57 Å². The number of hydrogen-bond acceptors (Lipinski definition) is 1. The summed E-state index contributed by atoms with van der Waals surface area (Å²) in [5.41, 5.74) is 6.23. The minimum absolute atomic E-state index is 1.19. The van der Waals surface area contributed by atoms with Crippen LogP contribution in [0.1, 0.15) is 0 Å². The Labute approximate surface area is 235 Å². The SMILES string of the molecule is c1ccc2c(c1)cc(-c1ccc(-n3c4ccccc4c4ccc5c6ccccc6sc5c43)cc1)c1ccccc12. The molecule has 0 spiro atoms. The van der Waals surface area contributed by atoms with Gasteiger partial charge in [0.05, 0.1) is 15.7 Å². The molecule has 9 rings (SSSR count). The highest BCUT2D eigenvalue weighted by molar-refractivity contribution is 7.26. The normalized spacial score (nSPS) is 12.0. The highest BCUT2D eigenvalue weighted by Gasteiger charge is 2.17. The molecule has 0 aliphatic rings. The van der Waals surface area contributed by atoms with Crippen molar-refractivity contribution >= 4 is 74.9 Å². The minimum atomic E-state index is 1.19. The number of aromatic nitrogens is 1. The quantitative estimate of drug-likeness (QED) is 0.198. The van der Waals surface area contributed by atoms with Crippen LogP contribution in [0.5, 0.6) is 0 Å². The van der Waals surface area contributed by atoms with Crippen LogP contribution in [0.2, 0.25) is 0 Å². The van der Waals surface area contributed by atoms with Crippen molar-refractivity contribution in [2.45, 2.75) is 0 Å². The van der Waals surface area contributed by atoms with Crippen LogP contribution in [-0.2, 0) is 0 Å². The van der Waals surface area contributed by atoms with Gasteiger partial charge in [0, 0.05) is 31.9 Å². The fraction of sp³-hybridized carbons (Fsp3) is 0. The molecule has 1 nitrogen and oxygen atoms in total. The van der Waals surface area contributed by atoms with E-state index in [9.17, 15) is 0 Å². The molecule has 186 valence electrons. The fourth-order valence-corrected chi connectivity index (χ4v) is 7.82. The van der Waals surface area contributed by atoms with E-state index in [1.165, 1.54) is 80.3 Å². The van der Waals surface area contributed by atoms with E-state index < -0.39 is 0 Å². The minimum Gasteiger partial charge on any atom is -0.308 e. The zero-order valence-electron chi connectivity index (χ0n) is 21.6. The number of benzene rings is 7. The molecule has 0 radical (unpaired) electrons. The van der Waals surface area contributed by atoms with Gasteiger partial charge in [0.1, 0.15) is 0 Å². The van der Waals surface area contributed by atoms with Crippen LogP contribution in [-0.4, -0.2) is 4.57 Å². The molecule has 0 aliphatic carbocycles. The smallest absolute Gasteiger partial charge is 0.0719 e. The monoisotopic (exact) mass is 525 g/mol. The van der Waals surface area contributed by atoms with Crippen LogP contribution >= 0.6 is 11.3 Å². The molecule has 0 unspecified atom stereocenters. The summed E-state index contributed by atoms with van der Waals surface area (Å²) in [6.45, 7) is 0. The summed E-state index contributed by atoms with van der Waals surface area (Å²) in [5.74, 6) is 0. The molecule has 0 saturated heterocycles. The Morgan fingerprint density at radius 1 is 0.450 bits per heavy atom. The van der Waals surface area contributed by atoms with Gasteiger partial charge in [-0.3, -0.25) is 0 Å².